The largest absolute Gasteiger partial charge is 0.379 e. The summed E-state index contributed by atoms with van der Waals surface area (Å²) >= 11 is 0. The number of hydrogen-bond acceptors (Lipinski definition) is 4. The number of hydrogen-bond donors (Lipinski definition) is 1. The molecule has 39 heavy (non-hydrogen) atoms. The van der Waals surface area contributed by atoms with Crippen molar-refractivity contribution in [2.75, 3.05) is 51.3 Å². The van der Waals surface area contributed by atoms with E-state index in [4.69, 9.17) is 4.74 Å². The highest BCUT2D eigenvalue weighted by molar-refractivity contribution is 5.88. The number of nitrogens with zero attached hydrogens (tertiary/aromatic N) is 4. The summed E-state index contributed by atoms with van der Waals surface area (Å²) in [5, 5.41) is 7.79. The van der Waals surface area contributed by atoms with E-state index < -0.39 is 0 Å². The number of ether oxygens (including phenoxy) is 1. The number of rotatable bonds is 10. The van der Waals surface area contributed by atoms with Gasteiger partial charge >= 0.3 is 6.03 Å². The zero-order chi connectivity index (χ0) is 26.9. The van der Waals surface area contributed by atoms with Crippen molar-refractivity contribution in [3.63, 3.8) is 0 Å². The van der Waals surface area contributed by atoms with Crippen LogP contribution in [0, 0.1) is 6.92 Å². The summed E-state index contributed by atoms with van der Waals surface area (Å²) in [7, 11) is 0. The molecular formula is C32H37N5O2. The second kappa shape index (κ2) is 13.2. The van der Waals surface area contributed by atoms with Crippen LogP contribution < -0.4 is 5.32 Å². The minimum absolute atomic E-state index is 0.111. The lowest BCUT2D eigenvalue weighted by Gasteiger charge is -2.31. The van der Waals surface area contributed by atoms with Gasteiger partial charge in [0.05, 0.1) is 24.6 Å². The highest BCUT2D eigenvalue weighted by Gasteiger charge is 2.22. The van der Waals surface area contributed by atoms with E-state index in [0.717, 1.165) is 50.7 Å². The lowest BCUT2D eigenvalue weighted by molar-refractivity contribution is 0.0351. The highest BCUT2D eigenvalue weighted by atomic mass is 16.5. The number of nitrogens with one attached hydrogen (secondary N) is 1. The van der Waals surface area contributed by atoms with E-state index in [1.807, 2.05) is 60.4 Å². The smallest absolute Gasteiger partial charge is 0.323 e. The van der Waals surface area contributed by atoms with Crippen molar-refractivity contribution in [3.8, 4) is 5.69 Å². The summed E-state index contributed by atoms with van der Waals surface area (Å²) in [6, 6.07) is 32.8. The standard InChI is InChI=1S/C32H37N5O2/c1-26-25-31(37(34-26)29-15-9-4-10-16-29)33-32(38)36(20-19-35-21-23-39-24-22-35)18-17-30(27-11-5-2-6-12-27)28-13-7-3-8-14-28/h2-16,25,30H,17-24H2,1H3,(H,33,38). The van der Waals surface area contributed by atoms with Crippen LogP contribution in [0.25, 0.3) is 5.69 Å². The molecule has 1 aliphatic heterocycles. The van der Waals surface area contributed by atoms with E-state index >= 15 is 0 Å². The average molecular weight is 524 g/mol. The molecule has 7 heteroatoms. The minimum atomic E-state index is -0.111. The molecule has 1 N–H and O–H groups in total. The van der Waals surface area contributed by atoms with Gasteiger partial charge in [0, 0.05) is 44.7 Å². The van der Waals surface area contributed by atoms with Crippen LogP contribution in [0.4, 0.5) is 10.6 Å². The summed E-state index contributed by atoms with van der Waals surface area (Å²) in [5.41, 5.74) is 4.28. The molecule has 4 aromatic rings. The Bertz CT molecular complexity index is 1260. The first-order chi connectivity index (χ1) is 19.2. The van der Waals surface area contributed by atoms with Gasteiger partial charge in [0.15, 0.2) is 0 Å². The highest BCUT2D eigenvalue weighted by Crippen LogP contribution is 2.28. The van der Waals surface area contributed by atoms with Crippen molar-refractivity contribution < 1.29 is 9.53 Å². The van der Waals surface area contributed by atoms with E-state index in [-0.39, 0.29) is 11.9 Å². The van der Waals surface area contributed by atoms with Gasteiger partial charge in [-0.2, -0.15) is 5.10 Å². The predicted octanol–water partition coefficient (Wildman–Crippen LogP) is 5.57. The van der Waals surface area contributed by atoms with Crippen molar-refractivity contribution in [2.45, 2.75) is 19.3 Å². The summed E-state index contributed by atoms with van der Waals surface area (Å²) in [6.07, 6.45) is 0.821. The monoisotopic (exact) mass is 523 g/mol. The molecule has 0 aliphatic carbocycles. The van der Waals surface area contributed by atoms with Gasteiger partial charge in [0.25, 0.3) is 0 Å². The molecule has 202 valence electrons. The molecule has 0 saturated carbocycles. The summed E-state index contributed by atoms with van der Waals surface area (Å²) in [4.78, 5) is 18.1. The maximum atomic E-state index is 13.8. The number of amides is 2. The molecule has 1 fully saturated rings. The van der Waals surface area contributed by atoms with Crippen molar-refractivity contribution in [1.29, 1.82) is 0 Å². The topological polar surface area (TPSA) is 62.6 Å². The van der Waals surface area contributed by atoms with Gasteiger partial charge < -0.3 is 9.64 Å². The fourth-order valence-corrected chi connectivity index (χ4v) is 5.13. The Hall–Kier alpha value is -3.94. The van der Waals surface area contributed by atoms with Crippen LogP contribution in [0.2, 0.25) is 0 Å². The zero-order valence-corrected chi connectivity index (χ0v) is 22.6. The molecule has 2 amide bonds. The van der Waals surface area contributed by atoms with Crippen LogP contribution in [0.5, 0.6) is 0 Å². The van der Waals surface area contributed by atoms with Crippen molar-refractivity contribution in [3.05, 3.63) is 114 Å². The number of benzene rings is 3. The van der Waals surface area contributed by atoms with E-state index in [1.165, 1.54) is 11.1 Å². The number of aryl methyl sites for hydroxylation is 1. The molecule has 1 aliphatic rings. The lowest BCUT2D eigenvalue weighted by atomic mass is 9.88. The first-order valence-electron chi connectivity index (χ1n) is 13.8. The van der Waals surface area contributed by atoms with Gasteiger partial charge in [-0.25, -0.2) is 9.48 Å². The van der Waals surface area contributed by atoms with Crippen LogP contribution >= 0.6 is 0 Å². The molecule has 0 bridgehead atoms. The number of carbonyl (C=O) groups is 1. The number of urea groups is 1. The molecule has 0 radical (unpaired) electrons. The van der Waals surface area contributed by atoms with Gasteiger partial charge in [-0.1, -0.05) is 78.9 Å². The normalized spacial score (nSPS) is 13.9. The van der Waals surface area contributed by atoms with Crippen LogP contribution in [-0.4, -0.2) is 71.5 Å². The summed E-state index contributed by atoms with van der Waals surface area (Å²) in [5.74, 6) is 0.867. The van der Waals surface area contributed by atoms with E-state index in [1.54, 1.807) is 4.68 Å². The average Bonchev–Trinajstić information content (AvgIpc) is 3.36. The number of carbonyl (C=O) groups excluding carboxylic acids is 1. The van der Waals surface area contributed by atoms with E-state index in [9.17, 15) is 4.79 Å². The second-order valence-corrected chi connectivity index (χ2v) is 9.95. The number of para-hydroxylation sites is 1. The lowest BCUT2D eigenvalue weighted by Crippen LogP contribution is -2.45. The van der Waals surface area contributed by atoms with Crippen LogP contribution in [-0.2, 0) is 4.74 Å². The Morgan fingerprint density at radius 1 is 0.897 bits per heavy atom. The third kappa shape index (κ3) is 7.13. The SMILES string of the molecule is Cc1cc(NC(=O)N(CCC(c2ccccc2)c2ccccc2)CCN2CCOCC2)n(-c2ccccc2)n1. The number of morpholine rings is 1. The number of aromatic nitrogens is 2. The minimum Gasteiger partial charge on any atom is -0.379 e. The first-order valence-corrected chi connectivity index (χ1v) is 13.8. The van der Waals surface area contributed by atoms with Crippen molar-refractivity contribution in [1.82, 2.24) is 19.6 Å². The molecule has 7 nitrogen and oxygen atoms in total. The Labute approximate surface area is 231 Å². The van der Waals surface area contributed by atoms with Crippen LogP contribution in [0.15, 0.2) is 97.1 Å². The third-order valence-corrected chi connectivity index (χ3v) is 7.24. The molecule has 0 spiro atoms. The van der Waals surface area contributed by atoms with Gasteiger partial charge in [0.1, 0.15) is 5.82 Å². The molecule has 2 heterocycles. The Kier molecular flexibility index (Phi) is 9.04. The fraction of sp³-hybridized carbons (Fsp3) is 0.312. The van der Waals surface area contributed by atoms with Crippen LogP contribution in [0.3, 0.4) is 0 Å². The number of anilines is 1. The molecule has 0 atom stereocenters. The third-order valence-electron chi connectivity index (χ3n) is 7.24. The van der Waals surface area contributed by atoms with Crippen molar-refractivity contribution >= 4 is 11.8 Å². The second-order valence-electron chi connectivity index (χ2n) is 9.95. The Morgan fingerprint density at radius 3 is 2.10 bits per heavy atom. The zero-order valence-electron chi connectivity index (χ0n) is 22.6. The summed E-state index contributed by atoms with van der Waals surface area (Å²) in [6.45, 7) is 7.30. The maximum absolute atomic E-state index is 13.8. The Balaban J connectivity index is 1.35. The van der Waals surface area contributed by atoms with Crippen molar-refractivity contribution in [2.24, 2.45) is 0 Å². The quantitative estimate of drug-likeness (QED) is 0.295. The molecule has 0 unspecified atom stereocenters. The predicted molar refractivity (Wildman–Crippen MR) is 155 cm³/mol. The van der Waals surface area contributed by atoms with E-state index in [0.29, 0.717) is 18.9 Å². The fourth-order valence-electron chi connectivity index (χ4n) is 5.13. The van der Waals surface area contributed by atoms with Gasteiger partial charge in [-0.3, -0.25) is 10.2 Å². The van der Waals surface area contributed by atoms with E-state index in [2.05, 4.69) is 63.8 Å². The molecule has 1 saturated heterocycles. The maximum Gasteiger partial charge on any atom is 0.323 e. The van der Waals surface area contributed by atoms with Gasteiger partial charge in [-0.05, 0) is 36.6 Å². The summed E-state index contributed by atoms with van der Waals surface area (Å²) < 4.78 is 7.32. The molecule has 1 aromatic heterocycles. The molecular weight excluding hydrogens is 486 g/mol. The van der Waals surface area contributed by atoms with Crippen LogP contribution in [0.1, 0.15) is 29.2 Å². The molecule has 3 aromatic carbocycles. The first kappa shape index (κ1) is 26.7. The van der Waals surface area contributed by atoms with Gasteiger partial charge in [0.2, 0.25) is 0 Å². The van der Waals surface area contributed by atoms with Gasteiger partial charge in [-0.15, -0.1) is 0 Å². The molecule has 5 rings (SSSR count). The Morgan fingerprint density at radius 2 is 1.49 bits per heavy atom.